The van der Waals surface area contributed by atoms with E-state index >= 15 is 0 Å². The molecule has 0 atom stereocenters. The van der Waals surface area contributed by atoms with Gasteiger partial charge in [-0.15, -0.1) is 0 Å². The lowest BCUT2D eigenvalue weighted by atomic mass is 9.82. The van der Waals surface area contributed by atoms with Gasteiger partial charge in [-0.25, -0.2) is 0 Å². The average molecular weight is 581 g/mol. The summed E-state index contributed by atoms with van der Waals surface area (Å²) in [6.07, 6.45) is 4.21. The van der Waals surface area contributed by atoms with Gasteiger partial charge in [0.2, 0.25) is 0 Å². The van der Waals surface area contributed by atoms with E-state index in [-0.39, 0.29) is 5.41 Å². The number of para-hydroxylation sites is 4. The molecule has 0 unspecified atom stereocenters. The minimum atomic E-state index is -0.146. The summed E-state index contributed by atoms with van der Waals surface area (Å²) in [6.45, 7) is 4.81. The van der Waals surface area contributed by atoms with Gasteiger partial charge in [0.25, 0.3) is 0 Å². The summed E-state index contributed by atoms with van der Waals surface area (Å²) in [6, 6.07) is 50.0. The molecule has 2 heteroatoms. The molecule has 0 aromatic heterocycles. The maximum atomic E-state index is 2.49. The van der Waals surface area contributed by atoms with E-state index < -0.39 is 0 Å². The smallest absolute Gasteiger partial charge is 0.0493 e. The van der Waals surface area contributed by atoms with Crippen LogP contribution in [0, 0.1) is 0 Å². The van der Waals surface area contributed by atoms with Crippen LogP contribution in [0.25, 0.3) is 11.1 Å². The number of hydrogen-bond acceptors (Lipinski definition) is 2. The highest BCUT2D eigenvalue weighted by Gasteiger charge is 2.37. The molecule has 6 aromatic carbocycles. The van der Waals surface area contributed by atoms with Crippen LogP contribution in [0.3, 0.4) is 0 Å². The van der Waals surface area contributed by atoms with Gasteiger partial charge in [0.1, 0.15) is 0 Å². The molecule has 0 amide bonds. The van der Waals surface area contributed by atoms with Gasteiger partial charge in [0, 0.05) is 39.5 Å². The van der Waals surface area contributed by atoms with Crippen LogP contribution in [0.5, 0.6) is 0 Å². The van der Waals surface area contributed by atoms with E-state index in [9.17, 15) is 0 Å². The molecule has 2 heterocycles. The second-order valence-electron chi connectivity index (χ2n) is 13.3. The van der Waals surface area contributed by atoms with Gasteiger partial charge >= 0.3 is 0 Å². The monoisotopic (exact) mass is 580 g/mol. The van der Waals surface area contributed by atoms with Gasteiger partial charge < -0.3 is 9.80 Å². The quantitative estimate of drug-likeness (QED) is 0.201. The summed E-state index contributed by atoms with van der Waals surface area (Å²) < 4.78 is 0. The fourth-order valence-electron chi connectivity index (χ4n) is 8.11. The van der Waals surface area contributed by atoms with Crippen molar-refractivity contribution < 1.29 is 0 Å². The lowest BCUT2D eigenvalue weighted by Crippen LogP contribution is -2.18. The van der Waals surface area contributed by atoms with Crippen LogP contribution in [-0.4, -0.2) is 0 Å². The molecule has 0 spiro atoms. The largest absolute Gasteiger partial charge is 0.310 e. The van der Waals surface area contributed by atoms with Gasteiger partial charge in [-0.1, -0.05) is 98.8 Å². The minimum Gasteiger partial charge on any atom is -0.310 e. The van der Waals surface area contributed by atoms with Gasteiger partial charge in [0.05, 0.1) is 0 Å². The Morgan fingerprint density at radius 1 is 0.400 bits per heavy atom. The summed E-state index contributed by atoms with van der Waals surface area (Å²) in [7, 11) is 0. The van der Waals surface area contributed by atoms with Crippen molar-refractivity contribution in [2.75, 3.05) is 9.80 Å². The zero-order valence-corrected chi connectivity index (χ0v) is 25.9. The van der Waals surface area contributed by atoms with Crippen LogP contribution in [0.15, 0.2) is 133 Å². The Balaban J connectivity index is 1.18. The van der Waals surface area contributed by atoms with Crippen molar-refractivity contribution in [2.45, 2.75) is 44.9 Å². The van der Waals surface area contributed by atoms with Gasteiger partial charge in [-0.05, 0) is 119 Å². The van der Waals surface area contributed by atoms with Crippen LogP contribution in [0.1, 0.15) is 47.2 Å². The molecule has 0 saturated heterocycles. The van der Waals surface area contributed by atoms with Crippen LogP contribution in [0.2, 0.25) is 0 Å². The topological polar surface area (TPSA) is 6.48 Å². The standard InChI is InChI=1S/C43H36N2/c1-43(2)37-27-33(44-39-15-7-3-11-29(39)19-20-30-12-4-8-16-40(30)44)23-25-35(37)36-26-24-34(28-38(36)43)45-41-17-9-5-13-31(41)21-22-32-14-6-10-18-42(32)45/h3-18,23-28H,19-22H2,1-2H3. The third-order valence-corrected chi connectivity index (χ3v) is 10.4. The SMILES string of the molecule is CC1(C)c2cc(N3c4ccccc4CCc4ccccc43)ccc2-c2ccc(N3c4ccccc4CCc4ccccc43)cc21. The van der Waals surface area contributed by atoms with Gasteiger partial charge in [-0.3, -0.25) is 0 Å². The lowest BCUT2D eigenvalue weighted by Gasteiger charge is -2.30. The van der Waals surface area contributed by atoms with E-state index in [0.717, 1.165) is 25.7 Å². The molecule has 45 heavy (non-hydrogen) atoms. The zero-order valence-electron chi connectivity index (χ0n) is 25.9. The van der Waals surface area contributed by atoms with Crippen molar-refractivity contribution in [1.29, 1.82) is 0 Å². The molecule has 2 aliphatic heterocycles. The first-order valence-electron chi connectivity index (χ1n) is 16.3. The summed E-state index contributed by atoms with van der Waals surface area (Å²) in [5.74, 6) is 0. The molecular formula is C43H36N2. The van der Waals surface area contributed by atoms with E-state index in [0.29, 0.717) is 0 Å². The number of aryl methyl sites for hydroxylation is 4. The van der Waals surface area contributed by atoms with Crippen LogP contribution in [-0.2, 0) is 31.1 Å². The van der Waals surface area contributed by atoms with Crippen LogP contribution >= 0.6 is 0 Å². The fraction of sp³-hybridized carbons (Fsp3) is 0.163. The molecule has 9 rings (SSSR count). The maximum absolute atomic E-state index is 2.49. The normalized spacial score (nSPS) is 15.5. The molecule has 0 fully saturated rings. The highest BCUT2D eigenvalue weighted by molar-refractivity contribution is 5.90. The van der Waals surface area contributed by atoms with Crippen LogP contribution in [0.4, 0.5) is 34.1 Å². The molecule has 218 valence electrons. The van der Waals surface area contributed by atoms with Crippen molar-refractivity contribution in [1.82, 2.24) is 0 Å². The number of fused-ring (bicyclic) bond motifs is 7. The molecular weight excluding hydrogens is 544 g/mol. The third kappa shape index (κ3) is 4.02. The number of benzene rings is 6. The zero-order chi connectivity index (χ0) is 30.1. The lowest BCUT2D eigenvalue weighted by molar-refractivity contribution is 0.660. The Morgan fingerprint density at radius 2 is 0.711 bits per heavy atom. The Morgan fingerprint density at radius 3 is 1.04 bits per heavy atom. The molecule has 0 bridgehead atoms. The Kier molecular flexibility index (Phi) is 5.83. The van der Waals surface area contributed by atoms with E-state index in [2.05, 4.69) is 157 Å². The van der Waals surface area contributed by atoms with Crippen molar-refractivity contribution in [3.63, 3.8) is 0 Å². The molecule has 0 saturated carbocycles. The van der Waals surface area contributed by atoms with Crippen molar-refractivity contribution in [3.8, 4) is 11.1 Å². The molecule has 0 N–H and O–H groups in total. The summed E-state index contributed by atoms with van der Waals surface area (Å²) in [5.41, 5.74) is 18.5. The van der Waals surface area contributed by atoms with E-state index in [1.807, 2.05) is 0 Å². The van der Waals surface area contributed by atoms with Crippen molar-refractivity contribution in [3.05, 3.63) is 167 Å². The van der Waals surface area contributed by atoms with E-state index in [1.54, 1.807) is 0 Å². The minimum absolute atomic E-state index is 0.146. The maximum Gasteiger partial charge on any atom is 0.0493 e. The molecule has 1 aliphatic carbocycles. The molecule has 3 aliphatic rings. The number of nitrogens with zero attached hydrogens (tertiary/aromatic N) is 2. The molecule has 2 nitrogen and oxygen atoms in total. The fourth-order valence-corrected chi connectivity index (χ4v) is 8.11. The van der Waals surface area contributed by atoms with E-state index in [1.165, 1.54) is 78.6 Å². The summed E-state index contributed by atoms with van der Waals surface area (Å²) in [5, 5.41) is 0. The second kappa shape index (κ2) is 9.97. The number of hydrogen-bond donors (Lipinski definition) is 0. The summed E-state index contributed by atoms with van der Waals surface area (Å²) >= 11 is 0. The first kappa shape index (κ1) is 26.3. The van der Waals surface area contributed by atoms with E-state index in [4.69, 9.17) is 0 Å². The highest BCUT2D eigenvalue weighted by Crippen LogP contribution is 2.53. The highest BCUT2D eigenvalue weighted by atomic mass is 15.2. The Labute approximate surface area is 266 Å². The molecule has 6 aromatic rings. The van der Waals surface area contributed by atoms with Crippen molar-refractivity contribution in [2.24, 2.45) is 0 Å². The van der Waals surface area contributed by atoms with Gasteiger partial charge in [-0.2, -0.15) is 0 Å². The van der Waals surface area contributed by atoms with Crippen molar-refractivity contribution >= 4 is 34.1 Å². The Bertz CT molecular complexity index is 1870. The third-order valence-electron chi connectivity index (χ3n) is 10.4. The second-order valence-corrected chi connectivity index (χ2v) is 13.3. The molecule has 0 radical (unpaired) electrons. The first-order valence-corrected chi connectivity index (χ1v) is 16.3. The average Bonchev–Trinajstić information content (AvgIpc) is 3.21. The number of anilines is 6. The summed E-state index contributed by atoms with van der Waals surface area (Å²) in [4.78, 5) is 4.99. The predicted molar refractivity (Wildman–Crippen MR) is 188 cm³/mol. The predicted octanol–water partition coefficient (Wildman–Crippen LogP) is 11.1. The Hall–Kier alpha value is -5.08. The first-order chi connectivity index (χ1) is 22.1. The number of rotatable bonds is 2. The van der Waals surface area contributed by atoms with Crippen LogP contribution < -0.4 is 9.80 Å². The van der Waals surface area contributed by atoms with Gasteiger partial charge in [0.15, 0.2) is 0 Å².